The topological polar surface area (TPSA) is 67.8 Å². The summed E-state index contributed by atoms with van der Waals surface area (Å²) in [6.07, 6.45) is 0. The molecule has 4 nitrogen and oxygen atoms in total. The molecule has 2 rings (SSSR count). The number of nitrogens with zero attached hydrogens (tertiary/aromatic N) is 1. The Labute approximate surface area is 112 Å². The first-order valence-electron chi connectivity index (χ1n) is 5.96. The number of hydrogen-bond donors (Lipinski definition) is 2. The number of amidine groups is 1. The first-order chi connectivity index (χ1) is 9.20. The SMILES string of the molecule is Cc1ccc(/C(N)=N/O)cc1OCc1ccccc1. The smallest absolute Gasteiger partial charge is 0.170 e. The molecule has 0 amide bonds. The Balaban J connectivity index is 2.16. The van der Waals surface area contributed by atoms with E-state index >= 15 is 0 Å². The molecule has 2 aromatic carbocycles. The fraction of sp³-hybridized carbons (Fsp3) is 0.133. The van der Waals surface area contributed by atoms with E-state index in [4.69, 9.17) is 15.7 Å². The van der Waals surface area contributed by atoms with Crippen molar-refractivity contribution in [3.05, 3.63) is 65.2 Å². The van der Waals surface area contributed by atoms with Gasteiger partial charge in [0.15, 0.2) is 5.84 Å². The van der Waals surface area contributed by atoms with E-state index in [1.54, 1.807) is 12.1 Å². The Hall–Kier alpha value is -2.49. The lowest BCUT2D eigenvalue weighted by Crippen LogP contribution is -2.13. The lowest BCUT2D eigenvalue weighted by atomic mass is 10.1. The molecule has 0 fully saturated rings. The third kappa shape index (κ3) is 3.25. The molecule has 98 valence electrons. The third-order valence-corrected chi connectivity index (χ3v) is 2.83. The Morgan fingerprint density at radius 2 is 1.95 bits per heavy atom. The summed E-state index contributed by atoms with van der Waals surface area (Å²) in [5, 5.41) is 11.7. The van der Waals surface area contributed by atoms with Crippen molar-refractivity contribution in [2.24, 2.45) is 10.9 Å². The van der Waals surface area contributed by atoms with Gasteiger partial charge in [-0.2, -0.15) is 0 Å². The molecule has 0 atom stereocenters. The van der Waals surface area contributed by atoms with E-state index < -0.39 is 0 Å². The number of rotatable bonds is 4. The predicted octanol–water partition coefficient (Wildman–Crippen LogP) is 2.67. The van der Waals surface area contributed by atoms with E-state index in [0.29, 0.717) is 12.2 Å². The van der Waals surface area contributed by atoms with Gasteiger partial charge in [0.2, 0.25) is 0 Å². The number of ether oxygens (including phenoxy) is 1. The predicted molar refractivity (Wildman–Crippen MR) is 74.5 cm³/mol. The van der Waals surface area contributed by atoms with E-state index in [-0.39, 0.29) is 5.84 Å². The largest absolute Gasteiger partial charge is 0.489 e. The van der Waals surface area contributed by atoms with Gasteiger partial charge in [0, 0.05) is 5.56 Å². The van der Waals surface area contributed by atoms with Gasteiger partial charge < -0.3 is 15.7 Å². The van der Waals surface area contributed by atoms with Crippen LogP contribution in [0.25, 0.3) is 0 Å². The van der Waals surface area contributed by atoms with Gasteiger partial charge in [0.05, 0.1) is 0 Å². The van der Waals surface area contributed by atoms with Gasteiger partial charge >= 0.3 is 0 Å². The molecule has 0 aliphatic heterocycles. The Kier molecular flexibility index (Phi) is 4.03. The molecule has 0 bridgehead atoms. The van der Waals surface area contributed by atoms with Gasteiger partial charge in [0.25, 0.3) is 0 Å². The highest BCUT2D eigenvalue weighted by atomic mass is 16.5. The minimum Gasteiger partial charge on any atom is -0.489 e. The van der Waals surface area contributed by atoms with Gasteiger partial charge in [-0.15, -0.1) is 0 Å². The zero-order valence-corrected chi connectivity index (χ0v) is 10.7. The van der Waals surface area contributed by atoms with E-state index in [2.05, 4.69) is 5.16 Å². The van der Waals surface area contributed by atoms with Crippen LogP contribution in [0, 0.1) is 6.92 Å². The molecule has 19 heavy (non-hydrogen) atoms. The number of nitrogens with two attached hydrogens (primary N) is 1. The van der Waals surface area contributed by atoms with Crippen LogP contribution in [0.15, 0.2) is 53.7 Å². The summed E-state index contributed by atoms with van der Waals surface area (Å²) in [6, 6.07) is 15.4. The van der Waals surface area contributed by atoms with Gasteiger partial charge in [-0.05, 0) is 24.1 Å². The second kappa shape index (κ2) is 5.91. The third-order valence-electron chi connectivity index (χ3n) is 2.83. The summed E-state index contributed by atoms with van der Waals surface area (Å²) in [4.78, 5) is 0. The van der Waals surface area contributed by atoms with Crippen molar-refractivity contribution < 1.29 is 9.94 Å². The van der Waals surface area contributed by atoms with Crippen LogP contribution in [0.2, 0.25) is 0 Å². The van der Waals surface area contributed by atoms with Crippen LogP contribution in [0.4, 0.5) is 0 Å². The molecule has 0 saturated carbocycles. The minimum absolute atomic E-state index is 0.0737. The van der Waals surface area contributed by atoms with Crippen molar-refractivity contribution in [3.63, 3.8) is 0 Å². The number of hydrogen-bond acceptors (Lipinski definition) is 3. The van der Waals surface area contributed by atoms with Crippen molar-refractivity contribution in [1.29, 1.82) is 0 Å². The van der Waals surface area contributed by atoms with Crippen LogP contribution in [0.3, 0.4) is 0 Å². The maximum Gasteiger partial charge on any atom is 0.170 e. The van der Waals surface area contributed by atoms with Crippen molar-refractivity contribution in [3.8, 4) is 5.75 Å². The van der Waals surface area contributed by atoms with Crippen molar-refractivity contribution in [1.82, 2.24) is 0 Å². The Morgan fingerprint density at radius 1 is 1.21 bits per heavy atom. The lowest BCUT2D eigenvalue weighted by molar-refractivity contribution is 0.304. The monoisotopic (exact) mass is 256 g/mol. The fourth-order valence-corrected chi connectivity index (χ4v) is 1.71. The molecule has 3 N–H and O–H groups in total. The van der Waals surface area contributed by atoms with Crippen molar-refractivity contribution >= 4 is 5.84 Å². The molecular weight excluding hydrogens is 240 g/mol. The standard InChI is InChI=1S/C15H16N2O2/c1-11-7-8-13(15(16)17-18)9-14(11)19-10-12-5-3-2-4-6-12/h2-9,18H,10H2,1H3,(H2,16,17). The zero-order valence-electron chi connectivity index (χ0n) is 10.7. The zero-order chi connectivity index (χ0) is 13.7. The van der Waals surface area contributed by atoms with Crippen molar-refractivity contribution in [2.75, 3.05) is 0 Å². The number of aryl methyl sites for hydroxylation is 1. The van der Waals surface area contributed by atoms with Gasteiger partial charge in [-0.3, -0.25) is 0 Å². The maximum absolute atomic E-state index is 8.68. The van der Waals surface area contributed by atoms with Crippen LogP contribution < -0.4 is 10.5 Å². The van der Waals surface area contributed by atoms with Crippen LogP contribution >= 0.6 is 0 Å². The van der Waals surface area contributed by atoms with Crippen LogP contribution in [0.1, 0.15) is 16.7 Å². The van der Waals surface area contributed by atoms with Crippen LogP contribution in [-0.4, -0.2) is 11.0 Å². The van der Waals surface area contributed by atoms with Crippen LogP contribution in [0.5, 0.6) is 5.75 Å². The van der Waals surface area contributed by atoms with Gasteiger partial charge in [-0.1, -0.05) is 47.6 Å². The second-order valence-corrected chi connectivity index (χ2v) is 4.24. The second-order valence-electron chi connectivity index (χ2n) is 4.24. The quantitative estimate of drug-likeness (QED) is 0.382. The summed E-state index contributed by atoms with van der Waals surface area (Å²) < 4.78 is 5.77. The van der Waals surface area contributed by atoms with E-state index in [1.165, 1.54) is 0 Å². The average Bonchev–Trinajstić information content (AvgIpc) is 2.46. The summed E-state index contributed by atoms with van der Waals surface area (Å²) in [5.74, 6) is 0.803. The minimum atomic E-state index is 0.0737. The molecule has 0 heterocycles. The van der Waals surface area contributed by atoms with E-state index in [0.717, 1.165) is 16.9 Å². The number of benzene rings is 2. The van der Waals surface area contributed by atoms with E-state index in [1.807, 2.05) is 43.3 Å². The summed E-state index contributed by atoms with van der Waals surface area (Å²) in [5.41, 5.74) is 8.30. The van der Waals surface area contributed by atoms with Gasteiger partial charge in [0.1, 0.15) is 12.4 Å². The molecule has 0 spiro atoms. The maximum atomic E-state index is 8.68. The van der Waals surface area contributed by atoms with E-state index in [9.17, 15) is 0 Å². The first kappa shape index (κ1) is 13.0. The highest BCUT2D eigenvalue weighted by Gasteiger charge is 2.05. The highest BCUT2D eigenvalue weighted by Crippen LogP contribution is 2.20. The molecule has 0 aliphatic carbocycles. The lowest BCUT2D eigenvalue weighted by Gasteiger charge is -2.10. The van der Waals surface area contributed by atoms with Gasteiger partial charge in [-0.25, -0.2) is 0 Å². The molecule has 0 aliphatic rings. The normalized spacial score (nSPS) is 11.3. The van der Waals surface area contributed by atoms with Crippen molar-refractivity contribution in [2.45, 2.75) is 13.5 Å². The Morgan fingerprint density at radius 3 is 2.63 bits per heavy atom. The molecule has 2 aromatic rings. The van der Waals surface area contributed by atoms with Crippen LogP contribution in [-0.2, 0) is 6.61 Å². The molecule has 0 aromatic heterocycles. The molecular formula is C15H16N2O2. The molecule has 0 saturated heterocycles. The average molecular weight is 256 g/mol. The fourth-order valence-electron chi connectivity index (χ4n) is 1.71. The number of oxime groups is 1. The molecule has 0 radical (unpaired) electrons. The summed E-state index contributed by atoms with van der Waals surface area (Å²) in [6.45, 7) is 2.44. The summed E-state index contributed by atoms with van der Waals surface area (Å²) >= 11 is 0. The molecule has 0 unspecified atom stereocenters. The summed E-state index contributed by atoms with van der Waals surface area (Å²) in [7, 11) is 0. The molecule has 4 heteroatoms. The Bertz CT molecular complexity index is 580. The first-order valence-corrected chi connectivity index (χ1v) is 5.96. The highest BCUT2D eigenvalue weighted by molar-refractivity contribution is 5.97.